The van der Waals surface area contributed by atoms with Gasteiger partial charge in [-0.25, -0.2) is 0 Å². The van der Waals surface area contributed by atoms with E-state index in [1.807, 2.05) is 11.3 Å². The van der Waals surface area contributed by atoms with Crippen molar-refractivity contribution in [3.63, 3.8) is 0 Å². The normalized spacial score (nSPS) is 17.2. The number of hydrogen-bond acceptors (Lipinski definition) is 2. The zero-order chi connectivity index (χ0) is 8.55. The van der Waals surface area contributed by atoms with Crippen molar-refractivity contribution in [3.8, 4) is 0 Å². The van der Waals surface area contributed by atoms with E-state index in [1.54, 1.807) is 5.56 Å². The topological polar surface area (TPSA) is 12.0 Å². The minimum atomic E-state index is 1.06. The maximum atomic E-state index is 3.63. The predicted molar refractivity (Wildman–Crippen MR) is 56.8 cm³/mol. The Morgan fingerprint density at radius 3 is 3.08 bits per heavy atom. The van der Waals surface area contributed by atoms with Gasteiger partial charge in [0, 0.05) is 11.4 Å². The summed E-state index contributed by atoms with van der Waals surface area (Å²) in [7, 11) is 0. The summed E-state index contributed by atoms with van der Waals surface area (Å²) >= 11 is 5.50. The van der Waals surface area contributed by atoms with Crippen LogP contribution < -0.4 is 5.32 Å². The van der Waals surface area contributed by atoms with E-state index in [-0.39, 0.29) is 0 Å². The summed E-state index contributed by atoms with van der Waals surface area (Å²) in [6, 6.07) is 0. The molecule has 1 aliphatic heterocycles. The van der Waals surface area contributed by atoms with Gasteiger partial charge in [-0.15, -0.1) is 11.3 Å². The zero-order valence-corrected chi connectivity index (χ0v) is 9.52. The SMILES string of the molecule is Cc1sc(Br)c2c1CNCCC2. The first-order valence-electron chi connectivity index (χ1n) is 4.26. The van der Waals surface area contributed by atoms with Crippen LogP contribution in [-0.2, 0) is 13.0 Å². The maximum Gasteiger partial charge on any atom is 0.0736 e. The molecule has 1 aliphatic rings. The quantitative estimate of drug-likeness (QED) is 0.742. The first kappa shape index (κ1) is 8.73. The van der Waals surface area contributed by atoms with Gasteiger partial charge >= 0.3 is 0 Å². The second-order valence-electron chi connectivity index (χ2n) is 3.17. The molecule has 2 heterocycles. The van der Waals surface area contributed by atoms with Gasteiger partial charge in [0.05, 0.1) is 3.79 Å². The summed E-state index contributed by atoms with van der Waals surface area (Å²) in [5.41, 5.74) is 3.08. The van der Waals surface area contributed by atoms with E-state index in [9.17, 15) is 0 Å². The number of aryl methyl sites for hydroxylation is 1. The predicted octanol–water partition coefficient (Wildman–Crippen LogP) is 2.85. The van der Waals surface area contributed by atoms with Gasteiger partial charge < -0.3 is 5.32 Å². The molecular formula is C9H12BrNS. The summed E-state index contributed by atoms with van der Waals surface area (Å²) in [6.45, 7) is 4.43. The first-order chi connectivity index (χ1) is 5.79. The Morgan fingerprint density at radius 1 is 1.42 bits per heavy atom. The van der Waals surface area contributed by atoms with Crippen LogP contribution in [0.1, 0.15) is 22.4 Å². The number of thiophene rings is 1. The summed E-state index contributed by atoms with van der Waals surface area (Å²) in [4.78, 5) is 1.46. The monoisotopic (exact) mass is 245 g/mol. The van der Waals surface area contributed by atoms with Gasteiger partial charge in [-0.2, -0.15) is 0 Å². The van der Waals surface area contributed by atoms with E-state index in [0.29, 0.717) is 0 Å². The van der Waals surface area contributed by atoms with Crippen molar-refractivity contribution in [3.05, 3.63) is 19.8 Å². The summed E-state index contributed by atoms with van der Waals surface area (Å²) < 4.78 is 1.35. The van der Waals surface area contributed by atoms with Crippen molar-refractivity contribution in [2.75, 3.05) is 6.54 Å². The Labute approximate surface area is 85.3 Å². The molecule has 1 aromatic heterocycles. The highest BCUT2D eigenvalue weighted by Gasteiger charge is 2.15. The fraction of sp³-hybridized carbons (Fsp3) is 0.556. The molecule has 0 atom stereocenters. The highest BCUT2D eigenvalue weighted by atomic mass is 79.9. The van der Waals surface area contributed by atoms with E-state index in [2.05, 4.69) is 28.2 Å². The van der Waals surface area contributed by atoms with E-state index in [1.165, 1.54) is 27.1 Å². The molecule has 0 saturated heterocycles. The molecule has 0 aliphatic carbocycles. The standard InChI is InChI=1S/C9H12BrNS/c1-6-8-5-11-4-2-3-7(8)9(10)12-6/h11H,2-5H2,1H3. The third kappa shape index (κ3) is 1.45. The van der Waals surface area contributed by atoms with Crippen molar-refractivity contribution in [2.45, 2.75) is 26.3 Å². The molecule has 1 aromatic rings. The van der Waals surface area contributed by atoms with Crippen LogP contribution in [0.3, 0.4) is 0 Å². The Bertz CT molecular complexity index is 266. The van der Waals surface area contributed by atoms with Gasteiger partial charge in [0.15, 0.2) is 0 Å². The van der Waals surface area contributed by atoms with E-state index >= 15 is 0 Å². The highest BCUT2D eigenvalue weighted by molar-refractivity contribution is 9.11. The van der Waals surface area contributed by atoms with Crippen molar-refractivity contribution >= 4 is 27.3 Å². The summed E-state index contributed by atoms with van der Waals surface area (Å²) in [5, 5.41) is 3.44. The minimum absolute atomic E-state index is 1.06. The molecule has 3 heteroatoms. The number of halogens is 1. The lowest BCUT2D eigenvalue weighted by atomic mass is 10.1. The van der Waals surface area contributed by atoms with Crippen LogP contribution in [0, 0.1) is 6.92 Å². The third-order valence-corrected chi connectivity index (χ3v) is 4.29. The zero-order valence-electron chi connectivity index (χ0n) is 7.11. The number of hydrogen-bond donors (Lipinski definition) is 1. The Balaban J connectivity index is 2.44. The smallest absolute Gasteiger partial charge is 0.0736 e. The lowest BCUT2D eigenvalue weighted by Crippen LogP contribution is -2.12. The lowest BCUT2D eigenvalue weighted by Gasteiger charge is -1.99. The first-order valence-corrected chi connectivity index (χ1v) is 5.87. The summed E-state index contributed by atoms with van der Waals surface area (Å²) in [5.74, 6) is 0. The van der Waals surface area contributed by atoms with Gasteiger partial charge in [-0.1, -0.05) is 0 Å². The summed E-state index contributed by atoms with van der Waals surface area (Å²) in [6.07, 6.45) is 2.50. The van der Waals surface area contributed by atoms with Crippen molar-refractivity contribution in [1.82, 2.24) is 5.32 Å². The molecule has 12 heavy (non-hydrogen) atoms. The molecule has 2 rings (SSSR count). The molecule has 0 unspecified atom stereocenters. The fourth-order valence-corrected chi connectivity index (χ4v) is 3.77. The van der Waals surface area contributed by atoms with Crippen LogP contribution in [0.15, 0.2) is 3.79 Å². The fourth-order valence-electron chi connectivity index (χ4n) is 1.67. The molecule has 1 N–H and O–H groups in total. The average Bonchev–Trinajstić information content (AvgIpc) is 2.29. The maximum absolute atomic E-state index is 3.63. The molecule has 0 saturated carbocycles. The van der Waals surface area contributed by atoms with E-state index in [4.69, 9.17) is 0 Å². The Kier molecular flexibility index (Phi) is 2.53. The molecule has 0 fully saturated rings. The largest absolute Gasteiger partial charge is 0.313 e. The molecule has 0 aromatic carbocycles. The van der Waals surface area contributed by atoms with Crippen LogP contribution in [0.5, 0.6) is 0 Å². The molecular weight excluding hydrogens is 234 g/mol. The van der Waals surface area contributed by atoms with Crippen LogP contribution in [0.25, 0.3) is 0 Å². The average molecular weight is 246 g/mol. The second-order valence-corrected chi connectivity index (χ2v) is 5.71. The van der Waals surface area contributed by atoms with Gasteiger partial charge in [-0.05, 0) is 53.4 Å². The van der Waals surface area contributed by atoms with E-state index < -0.39 is 0 Å². The number of rotatable bonds is 0. The van der Waals surface area contributed by atoms with Crippen LogP contribution >= 0.6 is 27.3 Å². The molecule has 66 valence electrons. The number of fused-ring (bicyclic) bond motifs is 1. The Morgan fingerprint density at radius 2 is 2.25 bits per heavy atom. The van der Waals surface area contributed by atoms with E-state index in [0.717, 1.165) is 13.1 Å². The lowest BCUT2D eigenvalue weighted by molar-refractivity contribution is 0.679. The van der Waals surface area contributed by atoms with Crippen molar-refractivity contribution in [1.29, 1.82) is 0 Å². The van der Waals surface area contributed by atoms with Crippen LogP contribution in [0.2, 0.25) is 0 Å². The molecule has 0 radical (unpaired) electrons. The number of nitrogens with one attached hydrogen (secondary N) is 1. The molecule has 1 nitrogen and oxygen atoms in total. The third-order valence-electron chi connectivity index (χ3n) is 2.35. The van der Waals surface area contributed by atoms with Crippen LogP contribution in [0.4, 0.5) is 0 Å². The Hall–Kier alpha value is 0.140. The van der Waals surface area contributed by atoms with Crippen LogP contribution in [-0.4, -0.2) is 6.54 Å². The highest BCUT2D eigenvalue weighted by Crippen LogP contribution is 2.34. The minimum Gasteiger partial charge on any atom is -0.313 e. The van der Waals surface area contributed by atoms with Crippen molar-refractivity contribution < 1.29 is 0 Å². The second kappa shape index (κ2) is 3.48. The van der Waals surface area contributed by atoms with Gasteiger partial charge in [0.25, 0.3) is 0 Å². The molecule has 0 amide bonds. The van der Waals surface area contributed by atoms with Crippen molar-refractivity contribution in [2.24, 2.45) is 0 Å². The molecule has 0 bridgehead atoms. The van der Waals surface area contributed by atoms with Gasteiger partial charge in [0.1, 0.15) is 0 Å². The van der Waals surface area contributed by atoms with Gasteiger partial charge in [-0.3, -0.25) is 0 Å². The van der Waals surface area contributed by atoms with Gasteiger partial charge in [0.2, 0.25) is 0 Å². The molecule has 0 spiro atoms.